The molecular formula is C28H29N3O4. The quantitative estimate of drug-likeness (QED) is 0.533. The molecule has 3 aromatic carbocycles. The second kappa shape index (κ2) is 9.90. The van der Waals surface area contributed by atoms with Crippen LogP contribution in [0.25, 0.3) is 11.1 Å². The van der Waals surface area contributed by atoms with Crippen molar-refractivity contribution in [3.63, 3.8) is 0 Å². The number of amides is 2. The lowest BCUT2D eigenvalue weighted by Crippen LogP contribution is -2.51. The van der Waals surface area contributed by atoms with E-state index in [2.05, 4.69) is 15.5 Å². The third-order valence-corrected chi connectivity index (χ3v) is 6.72. The highest BCUT2D eigenvalue weighted by molar-refractivity contribution is 6.07. The highest BCUT2D eigenvalue weighted by Crippen LogP contribution is 2.43. The van der Waals surface area contributed by atoms with Gasteiger partial charge in [-0.2, -0.15) is 0 Å². The third kappa shape index (κ3) is 4.92. The summed E-state index contributed by atoms with van der Waals surface area (Å²) in [5.41, 5.74) is 3.32. The van der Waals surface area contributed by atoms with Crippen molar-refractivity contribution < 1.29 is 19.1 Å². The zero-order valence-electron chi connectivity index (χ0n) is 19.8. The van der Waals surface area contributed by atoms with E-state index in [4.69, 9.17) is 9.47 Å². The van der Waals surface area contributed by atoms with E-state index < -0.39 is 5.54 Å². The lowest BCUT2D eigenvalue weighted by molar-refractivity contribution is -0.124. The molecule has 2 aliphatic rings. The Morgan fingerprint density at radius 2 is 1.57 bits per heavy atom. The van der Waals surface area contributed by atoms with E-state index in [1.54, 1.807) is 25.3 Å². The molecule has 35 heavy (non-hydrogen) atoms. The van der Waals surface area contributed by atoms with Crippen molar-refractivity contribution in [3.8, 4) is 16.9 Å². The average Bonchev–Trinajstić information content (AvgIpc) is 3.72. The van der Waals surface area contributed by atoms with Crippen molar-refractivity contribution >= 4 is 23.2 Å². The molecule has 3 aromatic rings. The van der Waals surface area contributed by atoms with Gasteiger partial charge in [-0.1, -0.05) is 42.5 Å². The fourth-order valence-corrected chi connectivity index (χ4v) is 4.56. The van der Waals surface area contributed by atoms with Crippen LogP contribution in [0.5, 0.6) is 5.75 Å². The number of hydrogen-bond acceptors (Lipinski definition) is 5. The summed E-state index contributed by atoms with van der Waals surface area (Å²) in [6, 6.07) is 22.9. The van der Waals surface area contributed by atoms with Crippen LogP contribution in [0.2, 0.25) is 0 Å². The summed E-state index contributed by atoms with van der Waals surface area (Å²) in [6.07, 6.45) is 1.64. The molecule has 1 saturated heterocycles. The number of benzene rings is 3. The number of nitrogens with zero attached hydrogens (tertiary/aromatic N) is 1. The largest absolute Gasteiger partial charge is 0.495 e. The molecule has 0 radical (unpaired) electrons. The van der Waals surface area contributed by atoms with E-state index in [1.165, 1.54) is 0 Å². The highest BCUT2D eigenvalue weighted by atomic mass is 16.5. The molecular weight excluding hydrogens is 442 g/mol. The summed E-state index contributed by atoms with van der Waals surface area (Å²) in [6.45, 7) is 2.77. The number of hydrogen-bond donors (Lipinski definition) is 2. The Bertz CT molecular complexity index is 1200. The van der Waals surface area contributed by atoms with E-state index in [1.807, 2.05) is 54.6 Å². The van der Waals surface area contributed by atoms with E-state index >= 15 is 0 Å². The Morgan fingerprint density at radius 1 is 0.886 bits per heavy atom. The molecule has 7 nitrogen and oxygen atoms in total. The lowest BCUT2D eigenvalue weighted by Gasteiger charge is -2.33. The predicted octanol–water partition coefficient (Wildman–Crippen LogP) is 4.42. The molecule has 0 atom stereocenters. The molecule has 0 aromatic heterocycles. The molecule has 1 saturated carbocycles. The summed E-state index contributed by atoms with van der Waals surface area (Å²) in [5.74, 6) is 0.191. The Kier molecular flexibility index (Phi) is 6.53. The van der Waals surface area contributed by atoms with Crippen molar-refractivity contribution in [1.82, 2.24) is 4.90 Å². The topological polar surface area (TPSA) is 79.9 Å². The first-order chi connectivity index (χ1) is 17.1. The number of nitrogens with one attached hydrogen (secondary N) is 2. The number of anilines is 2. The molecule has 1 aliphatic heterocycles. The van der Waals surface area contributed by atoms with Crippen molar-refractivity contribution in [2.75, 3.05) is 44.0 Å². The number of carbonyl (C=O) groups is 2. The van der Waals surface area contributed by atoms with Gasteiger partial charge in [-0.25, -0.2) is 0 Å². The minimum absolute atomic E-state index is 0.0632. The maximum Gasteiger partial charge on any atom is 0.255 e. The summed E-state index contributed by atoms with van der Waals surface area (Å²) < 4.78 is 10.9. The minimum atomic E-state index is -0.493. The van der Waals surface area contributed by atoms with Crippen molar-refractivity contribution in [3.05, 3.63) is 78.4 Å². The predicted molar refractivity (Wildman–Crippen MR) is 136 cm³/mol. The number of carbonyl (C=O) groups excluding carboxylic acids is 2. The van der Waals surface area contributed by atoms with Crippen molar-refractivity contribution in [2.45, 2.75) is 18.4 Å². The van der Waals surface area contributed by atoms with Gasteiger partial charge in [0.25, 0.3) is 5.91 Å². The van der Waals surface area contributed by atoms with Crippen LogP contribution in [-0.2, 0) is 9.53 Å². The van der Waals surface area contributed by atoms with Crippen LogP contribution in [0.1, 0.15) is 23.2 Å². The summed E-state index contributed by atoms with van der Waals surface area (Å²) in [7, 11) is 1.55. The van der Waals surface area contributed by atoms with E-state index in [9.17, 15) is 9.59 Å². The summed E-state index contributed by atoms with van der Waals surface area (Å²) in [5, 5.41) is 5.95. The monoisotopic (exact) mass is 471 g/mol. The first kappa shape index (κ1) is 23.1. The van der Waals surface area contributed by atoms with Gasteiger partial charge in [0.05, 0.1) is 26.0 Å². The van der Waals surface area contributed by atoms with Gasteiger partial charge in [0, 0.05) is 24.3 Å². The Morgan fingerprint density at radius 3 is 2.23 bits per heavy atom. The van der Waals surface area contributed by atoms with Gasteiger partial charge in [-0.3, -0.25) is 14.5 Å². The number of rotatable bonds is 7. The van der Waals surface area contributed by atoms with Crippen LogP contribution in [0, 0.1) is 0 Å². The first-order valence-corrected chi connectivity index (χ1v) is 11.9. The number of methoxy groups -OCH3 is 1. The molecule has 2 fully saturated rings. The van der Waals surface area contributed by atoms with Gasteiger partial charge in [0.15, 0.2) is 0 Å². The van der Waals surface area contributed by atoms with Crippen LogP contribution < -0.4 is 15.4 Å². The molecule has 180 valence electrons. The zero-order valence-corrected chi connectivity index (χ0v) is 19.8. The van der Waals surface area contributed by atoms with E-state index in [0.717, 1.165) is 37.1 Å². The summed E-state index contributed by atoms with van der Waals surface area (Å²) >= 11 is 0. The molecule has 5 rings (SSSR count). The van der Waals surface area contributed by atoms with Crippen LogP contribution in [0.4, 0.5) is 11.4 Å². The molecule has 7 heteroatoms. The minimum Gasteiger partial charge on any atom is -0.495 e. The fourth-order valence-electron chi connectivity index (χ4n) is 4.56. The van der Waals surface area contributed by atoms with E-state index in [0.29, 0.717) is 35.9 Å². The summed E-state index contributed by atoms with van der Waals surface area (Å²) in [4.78, 5) is 28.4. The second-order valence-electron chi connectivity index (χ2n) is 8.90. The fraction of sp³-hybridized carbons (Fsp3) is 0.286. The van der Waals surface area contributed by atoms with Crippen LogP contribution in [-0.4, -0.2) is 55.7 Å². The molecule has 0 unspecified atom stereocenters. The van der Waals surface area contributed by atoms with Gasteiger partial charge in [0.1, 0.15) is 11.3 Å². The molecule has 1 aliphatic carbocycles. The Labute approximate surface area is 205 Å². The maximum atomic E-state index is 13.2. The molecule has 1 heterocycles. The molecule has 2 amide bonds. The van der Waals surface area contributed by atoms with Crippen LogP contribution in [0.15, 0.2) is 72.8 Å². The molecule has 0 spiro atoms. The van der Waals surface area contributed by atoms with Gasteiger partial charge in [-0.15, -0.1) is 0 Å². The van der Waals surface area contributed by atoms with Crippen molar-refractivity contribution in [2.24, 2.45) is 0 Å². The van der Waals surface area contributed by atoms with Crippen LogP contribution in [0.3, 0.4) is 0 Å². The Balaban J connectivity index is 1.29. The number of morpholine rings is 1. The number of ether oxygens (including phenoxy) is 2. The zero-order chi connectivity index (χ0) is 24.3. The smallest absolute Gasteiger partial charge is 0.255 e. The first-order valence-electron chi connectivity index (χ1n) is 11.9. The molecule has 0 bridgehead atoms. The van der Waals surface area contributed by atoms with Gasteiger partial charge in [0.2, 0.25) is 5.91 Å². The molecule has 2 N–H and O–H groups in total. The lowest BCUT2D eigenvalue weighted by atomic mass is 10.1. The normalized spacial score (nSPS) is 16.8. The Hall–Kier alpha value is -3.68. The standard InChI is InChI=1S/C28H29N3O4/c1-34-25-12-9-22(19-24(25)30-27(33)28(13-14-28)31-15-17-35-18-16-31)26(32)29-23-10-7-21(8-11-23)20-5-3-2-4-6-20/h2-12,19H,13-18H2,1H3,(H,29,32)(H,30,33). The average molecular weight is 472 g/mol. The third-order valence-electron chi connectivity index (χ3n) is 6.72. The van der Waals surface area contributed by atoms with Crippen LogP contribution >= 0.6 is 0 Å². The second-order valence-corrected chi connectivity index (χ2v) is 8.90. The van der Waals surface area contributed by atoms with Gasteiger partial charge < -0.3 is 20.1 Å². The highest BCUT2D eigenvalue weighted by Gasteiger charge is 2.54. The SMILES string of the molecule is COc1ccc(C(=O)Nc2ccc(-c3ccccc3)cc2)cc1NC(=O)C1(N2CCOCC2)CC1. The van der Waals surface area contributed by atoms with Gasteiger partial charge >= 0.3 is 0 Å². The van der Waals surface area contributed by atoms with E-state index in [-0.39, 0.29) is 11.8 Å². The maximum absolute atomic E-state index is 13.2. The van der Waals surface area contributed by atoms with Crippen molar-refractivity contribution in [1.29, 1.82) is 0 Å². The van der Waals surface area contributed by atoms with Gasteiger partial charge in [-0.05, 0) is 54.3 Å².